The van der Waals surface area contributed by atoms with E-state index in [4.69, 9.17) is 25.0 Å². The van der Waals surface area contributed by atoms with Crippen LogP contribution in [0.15, 0.2) is 11.3 Å². The topological polar surface area (TPSA) is 185 Å². The Labute approximate surface area is 129 Å². The first-order valence-corrected chi connectivity index (χ1v) is 8.39. The number of imidazole rings is 1. The van der Waals surface area contributed by atoms with Gasteiger partial charge >= 0.3 is 7.60 Å². The molecule has 0 aromatic carbocycles. The lowest BCUT2D eigenvalue weighted by Crippen LogP contribution is -2.31. The van der Waals surface area contributed by atoms with Gasteiger partial charge in [0.25, 0.3) is 0 Å². The van der Waals surface area contributed by atoms with E-state index < -0.39 is 38.8 Å². The molecule has 1 saturated heterocycles. The molecule has 7 N–H and O–H groups in total. The van der Waals surface area contributed by atoms with E-state index in [0.717, 1.165) is 0 Å². The molecule has 0 amide bonds. The van der Waals surface area contributed by atoms with Gasteiger partial charge in [0.05, 0.1) is 6.33 Å². The lowest BCUT2D eigenvalue weighted by atomic mass is 10.2. The average Bonchev–Trinajstić information content (AvgIpc) is 2.99. The molecule has 13 heteroatoms. The van der Waals surface area contributed by atoms with E-state index in [1.165, 1.54) is 10.9 Å². The lowest BCUT2D eigenvalue weighted by molar-refractivity contribution is -0.145. The third-order valence-corrected chi connectivity index (χ3v) is 3.82. The van der Waals surface area contributed by atoms with Crippen LogP contribution in [0.4, 0.5) is 5.82 Å². The van der Waals surface area contributed by atoms with Crippen molar-refractivity contribution in [3.8, 4) is 0 Å². The first kappa shape index (κ1) is 16.3. The number of aliphatic hydroxyl groups is 2. The average molecular weight is 349 g/mol. The molecule has 0 bridgehead atoms. The monoisotopic (exact) mass is 349 g/mol. The van der Waals surface area contributed by atoms with E-state index in [1.54, 1.807) is 0 Å². The minimum absolute atomic E-state index is 0.0176. The number of fused-ring (bicyclic) bond motifs is 1. The molecule has 0 saturated carbocycles. The molecule has 1 aromatic rings. The molecule has 4 atom stereocenters. The van der Waals surface area contributed by atoms with Crippen LogP contribution in [0.3, 0.4) is 0 Å². The Bertz CT molecular complexity index is 673. The van der Waals surface area contributed by atoms with Gasteiger partial charge in [-0.15, -0.1) is 0 Å². The molecule has 0 aliphatic carbocycles. The van der Waals surface area contributed by atoms with Crippen molar-refractivity contribution in [1.82, 2.24) is 9.55 Å². The molecule has 1 fully saturated rings. The van der Waals surface area contributed by atoms with E-state index >= 15 is 0 Å². The van der Waals surface area contributed by atoms with Crippen molar-refractivity contribution in [3.63, 3.8) is 0 Å². The number of aliphatic hydroxyl groups excluding tert-OH is 2. The van der Waals surface area contributed by atoms with Crippen molar-refractivity contribution < 1.29 is 34.0 Å². The van der Waals surface area contributed by atoms with E-state index in [-0.39, 0.29) is 18.1 Å². The Kier molecular flexibility index (Phi) is 4.14. The number of nitrogens with one attached hydrogen (secondary N) is 1. The summed E-state index contributed by atoms with van der Waals surface area (Å²) in [7, 11) is -4.33. The van der Waals surface area contributed by atoms with Gasteiger partial charge in [-0.1, -0.05) is 0 Å². The maximum atomic E-state index is 10.8. The Morgan fingerprint density at radius 1 is 1.52 bits per heavy atom. The molecular weight excluding hydrogens is 333 g/mol. The number of guanidine groups is 1. The van der Waals surface area contributed by atoms with Crippen LogP contribution in [-0.2, 0) is 14.0 Å². The van der Waals surface area contributed by atoms with Crippen LogP contribution in [0, 0.1) is 0 Å². The van der Waals surface area contributed by atoms with Crippen LogP contribution >= 0.6 is 7.60 Å². The van der Waals surface area contributed by atoms with E-state index in [0.29, 0.717) is 5.82 Å². The van der Waals surface area contributed by atoms with Gasteiger partial charge in [0.2, 0.25) is 0 Å². The summed E-state index contributed by atoms with van der Waals surface area (Å²) in [5.74, 6) is 0.290. The molecule has 23 heavy (non-hydrogen) atoms. The van der Waals surface area contributed by atoms with Gasteiger partial charge in [0.15, 0.2) is 31.1 Å². The van der Waals surface area contributed by atoms with Crippen LogP contribution < -0.4 is 11.1 Å². The molecule has 128 valence electrons. The predicted molar refractivity (Wildman–Crippen MR) is 75.0 cm³/mol. The number of rotatable bonds is 4. The fraction of sp³-hybridized carbons (Fsp3) is 0.600. The Hall–Kier alpha value is -1.53. The molecule has 2 aliphatic heterocycles. The Morgan fingerprint density at radius 3 is 2.96 bits per heavy atom. The number of ether oxygens (including phenoxy) is 2. The van der Waals surface area contributed by atoms with Crippen LogP contribution in [0.25, 0.3) is 0 Å². The largest absolute Gasteiger partial charge is 0.388 e. The zero-order valence-corrected chi connectivity index (χ0v) is 12.6. The summed E-state index contributed by atoms with van der Waals surface area (Å²) in [6.45, 7) is 0. The van der Waals surface area contributed by atoms with Crippen molar-refractivity contribution in [2.45, 2.75) is 31.3 Å². The second-order valence-electron chi connectivity index (χ2n) is 5.12. The summed E-state index contributed by atoms with van der Waals surface area (Å²) in [6.07, 6.45) is -3.60. The highest BCUT2D eigenvalue weighted by Gasteiger charge is 2.39. The Morgan fingerprint density at radius 2 is 2.26 bits per heavy atom. The zero-order chi connectivity index (χ0) is 16.8. The second kappa shape index (κ2) is 5.83. The van der Waals surface area contributed by atoms with E-state index in [2.05, 4.69) is 15.3 Å². The standard InChI is InChI=1S/C10H16N5O7P/c11-10-13-7-6(8(17)14-10)12-2-15(7)9-4(16)1-5(22-9)21-3-23(18,19)20/h2,4-5,8-9,16-17H,1,3H2,(H3,11,13,14)(H2,18,19,20)/t4?,5-,8?,9+/m0/s1. The summed E-state index contributed by atoms with van der Waals surface area (Å²) in [4.78, 5) is 25.3. The third kappa shape index (κ3) is 3.38. The first-order chi connectivity index (χ1) is 10.7. The van der Waals surface area contributed by atoms with Gasteiger partial charge in [0, 0.05) is 6.42 Å². The molecule has 3 rings (SSSR count). The minimum atomic E-state index is -4.33. The molecular formula is C10H16N5O7P. The number of anilines is 1. The highest BCUT2D eigenvalue weighted by atomic mass is 31.2. The number of aliphatic imine (C=N–C) groups is 1. The van der Waals surface area contributed by atoms with Crippen LogP contribution in [0.5, 0.6) is 0 Å². The van der Waals surface area contributed by atoms with Gasteiger partial charge in [-0.25, -0.2) is 9.98 Å². The zero-order valence-electron chi connectivity index (χ0n) is 11.7. The van der Waals surface area contributed by atoms with E-state index in [9.17, 15) is 14.8 Å². The molecule has 2 unspecified atom stereocenters. The quantitative estimate of drug-likeness (QED) is 0.345. The van der Waals surface area contributed by atoms with Gasteiger partial charge in [-0.3, -0.25) is 9.13 Å². The third-order valence-electron chi connectivity index (χ3n) is 3.33. The first-order valence-electron chi connectivity index (χ1n) is 6.59. The molecule has 12 nitrogen and oxygen atoms in total. The predicted octanol–water partition coefficient (Wildman–Crippen LogP) is -1.63. The highest BCUT2D eigenvalue weighted by molar-refractivity contribution is 7.51. The van der Waals surface area contributed by atoms with Gasteiger partial charge in [-0.2, -0.15) is 0 Å². The summed E-state index contributed by atoms with van der Waals surface area (Å²) in [5, 5.41) is 22.6. The SMILES string of the molecule is NC1=NC(O)c2ncn([C@@H]3O[C@H](OCP(=O)(O)O)CC3O)c2N1. The fourth-order valence-electron chi connectivity index (χ4n) is 2.39. The normalized spacial score (nSPS) is 30.7. The summed E-state index contributed by atoms with van der Waals surface area (Å²) in [5.41, 5.74) is 5.76. The van der Waals surface area contributed by atoms with Gasteiger partial charge in [0.1, 0.15) is 17.6 Å². The smallest absolute Gasteiger partial charge is 0.351 e. The van der Waals surface area contributed by atoms with Crippen LogP contribution in [0.1, 0.15) is 24.6 Å². The molecule has 2 aliphatic rings. The van der Waals surface area contributed by atoms with Crippen molar-refractivity contribution >= 4 is 19.4 Å². The summed E-state index contributed by atoms with van der Waals surface area (Å²) >= 11 is 0. The maximum absolute atomic E-state index is 10.8. The number of hydrogen-bond acceptors (Lipinski definition) is 9. The van der Waals surface area contributed by atoms with Gasteiger partial charge < -0.3 is 40.5 Å². The molecule has 0 spiro atoms. The summed E-state index contributed by atoms with van der Waals surface area (Å²) < 4.78 is 22.6. The highest BCUT2D eigenvalue weighted by Crippen LogP contribution is 2.39. The minimum Gasteiger partial charge on any atom is -0.388 e. The van der Waals surface area contributed by atoms with Crippen molar-refractivity contribution in [2.24, 2.45) is 10.7 Å². The molecule has 1 aromatic heterocycles. The Balaban J connectivity index is 1.75. The summed E-state index contributed by atoms with van der Waals surface area (Å²) in [6, 6.07) is 0. The number of nitrogens with zero attached hydrogens (tertiary/aromatic N) is 3. The number of hydrogen-bond donors (Lipinski definition) is 6. The maximum Gasteiger partial charge on any atom is 0.351 e. The van der Waals surface area contributed by atoms with Gasteiger partial charge in [-0.05, 0) is 0 Å². The number of aromatic nitrogens is 2. The van der Waals surface area contributed by atoms with Crippen LogP contribution in [0.2, 0.25) is 0 Å². The van der Waals surface area contributed by atoms with Crippen molar-refractivity contribution in [2.75, 3.05) is 11.7 Å². The van der Waals surface area contributed by atoms with Crippen LogP contribution in [-0.4, -0.2) is 54.3 Å². The van der Waals surface area contributed by atoms with E-state index in [1.807, 2.05) is 0 Å². The van der Waals surface area contributed by atoms with Crippen molar-refractivity contribution in [3.05, 3.63) is 12.0 Å². The molecule has 0 radical (unpaired) electrons. The number of nitrogens with two attached hydrogens (primary N) is 1. The lowest BCUT2D eigenvalue weighted by Gasteiger charge is -2.22. The molecule has 3 heterocycles. The van der Waals surface area contributed by atoms with Crippen molar-refractivity contribution in [1.29, 1.82) is 0 Å². The second-order valence-corrected chi connectivity index (χ2v) is 6.71. The fourth-order valence-corrected chi connectivity index (χ4v) is 2.75.